The Labute approximate surface area is 194 Å². The van der Waals surface area contributed by atoms with Gasteiger partial charge in [0.25, 0.3) is 5.91 Å². The molecule has 0 bridgehead atoms. The third-order valence-corrected chi connectivity index (χ3v) is 6.95. The maximum Gasteiger partial charge on any atom is 0.255 e. The maximum atomic E-state index is 12.9. The zero-order valence-electron chi connectivity index (χ0n) is 19.0. The third kappa shape index (κ3) is 6.23. The van der Waals surface area contributed by atoms with Crippen LogP contribution in [0.4, 0.5) is 5.69 Å². The van der Waals surface area contributed by atoms with Crippen molar-refractivity contribution >= 4 is 27.5 Å². The summed E-state index contributed by atoms with van der Waals surface area (Å²) < 4.78 is 38.0. The minimum absolute atomic E-state index is 0.00137. The summed E-state index contributed by atoms with van der Waals surface area (Å²) in [6, 6.07) is 10.8. The summed E-state index contributed by atoms with van der Waals surface area (Å²) in [5.41, 5.74) is 0.655. The van der Waals surface area contributed by atoms with Gasteiger partial charge in [-0.05, 0) is 48.7 Å². The predicted molar refractivity (Wildman–Crippen MR) is 124 cm³/mol. The van der Waals surface area contributed by atoms with Gasteiger partial charge in [0.05, 0.1) is 25.2 Å². The number of benzene rings is 2. The summed E-state index contributed by atoms with van der Waals surface area (Å²) in [6.45, 7) is 4.97. The molecule has 0 spiro atoms. The van der Waals surface area contributed by atoms with E-state index in [1.54, 1.807) is 30.3 Å². The molecule has 0 unspecified atom stereocenters. The minimum Gasteiger partial charge on any atom is -0.493 e. The molecule has 1 heterocycles. The molecule has 9 nitrogen and oxygen atoms in total. The monoisotopic (exact) mass is 475 g/mol. The number of anilines is 1. The van der Waals surface area contributed by atoms with E-state index >= 15 is 0 Å². The Morgan fingerprint density at radius 3 is 2.67 bits per heavy atom. The van der Waals surface area contributed by atoms with Gasteiger partial charge in [-0.1, -0.05) is 19.9 Å². The maximum absolute atomic E-state index is 12.9. The van der Waals surface area contributed by atoms with Crippen LogP contribution < -0.4 is 20.1 Å². The first-order chi connectivity index (χ1) is 15.7. The van der Waals surface area contributed by atoms with Gasteiger partial charge in [0, 0.05) is 24.3 Å². The number of methoxy groups -OCH3 is 1. The average Bonchev–Trinajstić information content (AvgIpc) is 2.79. The first-order valence-corrected chi connectivity index (χ1v) is 12.1. The lowest BCUT2D eigenvalue weighted by molar-refractivity contribution is -0.122. The highest BCUT2D eigenvalue weighted by molar-refractivity contribution is 7.89. The van der Waals surface area contributed by atoms with Crippen molar-refractivity contribution in [2.75, 3.05) is 38.7 Å². The number of hydrogen-bond acceptors (Lipinski definition) is 6. The quantitative estimate of drug-likeness (QED) is 0.576. The van der Waals surface area contributed by atoms with Crippen LogP contribution in [0, 0.1) is 5.92 Å². The molecule has 3 rings (SSSR count). The summed E-state index contributed by atoms with van der Waals surface area (Å²) in [5, 5.41) is 5.31. The van der Waals surface area contributed by atoms with E-state index in [2.05, 4.69) is 24.5 Å². The Balaban J connectivity index is 1.73. The second kappa shape index (κ2) is 10.7. The largest absolute Gasteiger partial charge is 0.493 e. The van der Waals surface area contributed by atoms with Crippen molar-refractivity contribution in [3.63, 3.8) is 0 Å². The second-order valence-corrected chi connectivity index (χ2v) is 10.0. The van der Waals surface area contributed by atoms with Crippen LogP contribution in [-0.4, -0.2) is 57.9 Å². The Hall–Kier alpha value is -3.11. The summed E-state index contributed by atoms with van der Waals surface area (Å²) in [4.78, 5) is 24.4. The van der Waals surface area contributed by atoms with Crippen molar-refractivity contribution in [3.8, 4) is 11.5 Å². The lowest BCUT2D eigenvalue weighted by atomic mass is 10.1. The molecule has 33 heavy (non-hydrogen) atoms. The average molecular weight is 476 g/mol. The number of nitrogens with zero attached hydrogens (tertiary/aromatic N) is 1. The number of carbonyl (C=O) groups is 2. The SMILES string of the molecule is COc1cc(C(=O)Nc2cccc(S(=O)(=O)N3CCNC(=O)C3)c2)ccc1OCCC(C)C. The van der Waals surface area contributed by atoms with Gasteiger partial charge in [0.2, 0.25) is 15.9 Å². The molecule has 0 aromatic heterocycles. The molecule has 1 saturated heterocycles. The number of rotatable bonds is 9. The van der Waals surface area contributed by atoms with Gasteiger partial charge >= 0.3 is 0 Å². The van der Waals surface area contributed by atoms with E-state index in [9.17, 15) is 18.0 Å². The third-order valence-electron chi connectivity index (χ3n) is 5.11. The van der Waals surface area contributed by atoms with Crippen LogP contribution in [0.5, 0.6) is 11.5 Å². The number of piperazine rings is 1. The zero-order chi connectivity index (χ0) is 24.0. The Bertz CT molecular complexity index is 1120. The molecule has 1 aliphatic rings. The lowest BCUT2D eigenvalue weighted by Crippen LogP contribution is -2.49. The van der Waals surface area contributed by atoms with Crippen molar-refractivity contribution in [2.45, 2.75) is 25.2 Å². The molecule has 1 fully saturated rings. The summed E-state index contributed by atoms with van der Waals surface area (Å²) in [5.74, 6) is 0.723. The van der Waals surface area contributed by atoms with Crippen LogP contribution in [0.2, 0.25) is 0 Å². The molecule has 2 aromatic carbocycles. The fourth-order valence-electron chi connectivity index (χ4n) is 3.24. The molecule has 0 aliphatic carbocycles. The molecule has 178 valence electrons. The number of hydrogen-bond donors (Lipinski definition) is 2. The molecular weight excluding hydrogens is 446 g/mol. The van der Waals surface area contributed by atoms with Crippen LogP contribution >= 0.6 is 0 Å². The van der Waals surface area contributed by atoms with Crippen LogP contribution in [0.3, 0.4) is 0 Å². The molecule has 2 N–H and O–H groups in total. The van der Waals surface area contributed by atoms with Crippen LogP contribution in [-0.2, 0) is 14.8 Å². The van der Waals surface area contributed by atoms with Gasteiger partial charge in [0.15, 0.2) is 11.5 Å². The number of sulfonamides is 1. The second-order valence-electron chi connectivity index (χ2n) is 8.07. The molecule has 2 aromatic rings. The van der Waals surface area contributed by atoms with Crippen molar-refractivity contribution in [3.05, 3.63) is 48.0 Å². The molecule has 2 amide bonds. The zero-order valence-corrected chi connectivity index (χ0v) is 19.8. The summed E-state index contributed by atoms with van der Waals surface area (Å²) >= 11 is 0. The highest BCUT2D eigenvalue weighted by Gasteiger charge is 2.29. The Morgan fingerprint density at radius 2 is 1.97 bits per heavy atom. The Kier molecular flexibility index (Phi) is 7.93. The highest BCUT2D eigenvalue weighted by atomic mass is 32.2. The minimum atomic E-state index is -3.86. The predicted octanol–water partition coefficient (Wildman–Crippen LogP) is 2.49. The van der Waals surface area contributed by atoms with E-state index in [0.29, 0.717) is 35.3 Å². The number of amides is 2. The van der Waals surface area contributed by atoms with E-state index in [4.69, 9.17) is 9.47 Å². The van der Waals surface area contributed by atoms with E-state index in [1.165, 1.54) is 19.2 Å². The summed E-state index contributed by atoms with van der Waals surface area (Å²) in [7, 11) is -2.36. The van der Waals surface area contributed by atoms with Crippen molar-refractivity contribution in [1.29, 1.82) is 0 Å². The fourth-order valence-corrected chi connectivity index (χ4v) is 4.68. The molecule has 0 atom stereocenters. The van der Waals surface area contributed by atoms with E-state index in [-0.39, 0.29) is 30.4 Å². The molecule has 0 radical (unpaired) electrons. The topological polar surface area (TPSA) is 114 Å². The van der Waals surface area contributed by atoms with E-state index in [1.807, 2.05) is 0 Å². The van der Waals surface area contributed by atoms with Gasteiger partial charge in [-0.15, -0.1) is 0 Å². The molecular formula is C23H29N3O6S. The van der Waals surface area contributed by atoms with Gasteiger partial charge < -0.3 is 20.1 Å². The smallest absolute Gasteiger partial charge is 0.255 e. The van der Waals surface area contributed by atoms with Gasteiger partial charge in [0.1, 0.15) is 0 Å². The number of nitrogens with one attached hydrogen (secondary N) is 2. The van der Waals surface area contributed by atoms with Gasteiger partial charge in [-0.3, -0.25) is 9.59 Å². The van der Waals surface area contributed by atoms with E-state index < -0.39 is 15.9 Å². The van der Waals surface area contributed by atoms with Gasteiger partial charge in [-0.25, -0.2) is 8.42 Å². The van der Waals surface area contributed by atoms with E-state index in [0.717, 1.165) is 10.7 Å². The normalized spacial score (nSPS) is 14.6. The Morgan fingerprint density at radius 1 is 1.18 bits per heavy atom. The highest BCUT2D eigenvalue weighted by Crippen LogP contribution is 2.29. The van der Waals surface area contributed by atoms with Crippen molar-refractivity contribution in [2.24, 2.45) is 5.92 Å². The standard InChI is InChI=1S/C23H29N3O6S/c1-16(2)9-12-32-20-8-7-17(13-21(20)31-3)23(28)25-18-5-4-6-19(14-18)33(29,30)26-11-10-24-22(27)15-26/h4-8,13-14,16H,9-12,15H2,1-3H3,(H,24,27)(H,25,28). The van der Waals surface area contributed by atoms with Crippen LogP contribution in [0.25, 0.3) is 0 Å². The molecule has 10 heteroatoms. The summed E-state index contributed by atoms with van der Waals surface area (Å²) in [6.07, 6.45) is 0.896. The van der Waals surface area contributed by atoms with Crippen molar-refractivity contribution < 1.29 is 27.5 Å². The van der Waals surface area contributed by atoms with Gasteiger partial charge in [-0.2, -0.15) is 4.31 Å². The molecule has 1 aliphatic heterocycles. The van der Waals surface area contributed by atoms with Crippen LogP contribution in [0.15, 0.2) is 47.4 Å². The first-order valence-electron chi connectivity index (χ1n) is 10.7. The number of carbonyl (C=O) groups excluding carboxylic acids is 2. The first kappa shape index (κ1) is 24.5. The number of ether oxygens (including phenoxy) is 2. The van der Waals surface area contributed by atoms with Crippen molar-refractivity contribution in [1.82, 2.24) is 9.62 Å². The van der Waals surface area contributed by atoms with Crippen LogP contribution in [0.1, 0.15) is 30.6 Å². The lowest BCUT2D eigenvalue weighted by Gasteiger charge is -2.26. The molecule has 0 saturated carbocycles. The fraction of sp³-hybridized carbons (Fsp3) is 0.391.